The molecule has 5 nitrogen and oxygen atoms in total. The molecule has 0 bridgehead atoms. The molecule has 0 amide bonds. The Kier molecular flexibility index (Phi) is 4.88. The van der Waals surface area contributed by atoms with Gasteiger partial charge in [-0.2, -0.15) is 0 Å². The molecule has 2 aromatic carbocycles. The molecule has 2 aliphatic rings. The summed E-state index contributed by atoms with van der Waals surface area (Å²) in [5.41, 5.74) is 2.21. The van der Waals surface area contributed by atoms with Crippen LogP contribution in [0.5, 0.6) is 17.2 Å². The quantitative estimate of drug-likeness (QED) is 0.888. The molecule has 144 valence electrons. The fraction of sp³-hybridized carbons (Fsp3) is 0.400. The van der Waals surface area contributed by atoms with E-state index in [-0.39, 0.29) is 12.5 Å². The topological polar surface area (TPSA) is 51.2 Å². The number of aliphatic hydroxyl groups is 1. The fourth-order valence-corrected chi connectivity index (χ4v) is 3.52. The van der Waals surface area contributed by atoms with Crippen LogP contribution in [-0.2, 0) is 6.54 Å². The van der Waals surface area contributed by atoms with E-state index >= 15 is 0 Å². The second-order valence-electron chi connectivity index (χ2n) is 6.98. The summed E-state index contributed by atoms with van der Waals surface area (Å²) in [5.74, 6) is 0.190. The van der Waals surface area contributed by atoms with E-state index in [2.05, 4.69) is 4.90 Å². The molecule has 27 heavy (non-hydrogen) atoms. The Balaban J connectivity index is 1.39. The molecule has 0 aliphatic carbocycles. The van der Waals surface area contributed by atoms with Gasteiger partial charge in [-0.3, -0.25) is 4.90 Å². The number of piperidine rings is 1. The standard InChI is InChI=1S/C20H21F2NO4/c1-12-4-19-20(26-11-25-19)5-13(12)9-23-3-2-18(17(24)10-23)27-16-7-14(21)6-15(22)8-16/h4-8,17-18,24H,2-3,9-11H2,1H3/t17-,18-/m1/s1. The number of nitrogens with zero attached hydrogens (tertiary/aromatic N) is 1. The maximum absolute atomic E-state index is 13.3. The van der Waals surface area contributed by atoms with Crippen LogP contribution in [0.15, 0.2) is 30.3 Å². The lowest BCUT2D eigenvalue weighted by Gasteiger charge is -2.36. The van der Waals surface area contributed by atoms with Crippen LogP contribution in [0.4, 0.5) is 8.78 Å². The third kappa shape index (κ3) is 3.99. The van der Waals surface area contributed by atoms with Crippen molar-refractivity contribution in [3.8, 4) is 17.2 Å². The minimum atomic E-state index is -0.751. The highest BCUT2D eigenvalue weighted by Gasteiger charge is 2.30. The monoisotopic (exact) mass is 377 g/mol. The predicted octanol–water partition coefficient (Wildman–Crippen LogP) is 3.02. The number of fused-ring (bicyclic) bond motifs is 1. The van der Waals surface area contributed by atoms with Gasteiger partial charge in [0.2, 0.25) is 6.79 Å². The number of hydrogen-bond donors (Lipinski definition) is 1. The normalized spacial score (nSPS) is 22.1. The number of aliphatic hydroxyl groups excluding tert-OH is 1. The number of rotatable bonds is 4. The molecule has 1 saturated heterocycles. The van der Waals surface area contributed by atoms with Crippen molar-refractivity contribution in [2.75, 3.05) is 19.9 Å². The van der Waals surface area contributed by atoms with E-state index in [1.54, 1.807) is 0 Å². The molecule has 0 spiro atoms. The number of aryl methyl sites for hydroxylation is 1. The van der Waals surface area contributed by atoms with Crippen LogP contribution in [-0.4, -0.2) is 42.1 Å². The summed E-state index contributed by atoms with van der Waals surface area (Å²) in [7, 11) is 0. The third-order valence-electron chi connectivity index (χ3n) is 4.95. The smallest absolute Gasteiger partial charge is 0.231 e. The van der Waals surface area contributed by atoms with Gasteiger partial charge in [0, 0.05) is 37.8 Å². The van der Waals surface area contributed by atoms with Crippen LogP contribution < -0.4 is 14.2 Å². The van der Waals surface area contributed by atoms with Gasteiger partial charge in [0.25, 0.3) is 0 Å². The van der Waals surface area contributed by atoms with E-state index in [9.17, 15) is 13.9 Å². The highest BCUT2D eigenvalue weighted by molar-refractivity contribution is 5.48. The third-order valence-corrected chi connectivity index (χ3v) is 4.95. The van der Waals surface area contributed by atoms with Gasteiger partial charge in [0.05, 0.1) is 0 Å². The number of hydrogen-bond acceptors (Lipinski definition) is 5. The lowest BCUT2D eigenvalue weighted by Crippen LogP contribution is -2.48. The van der Waals surface area contributed by atoms with Gasteiger partial charge in [0.1, 0.15) is 29.6 Å². The molecule has 2 aromatic rings. The Bertz CT molecular complexity index is 825. The van der Waals surface area contributed by atoms with Crippen molar-refractivity contribution in [2.45, 2.75) is 32.1 Å². The molecular formula is C20H21F2NO4. The van der Waals surface area contributed by atoms with Crippen LogP contribution >= 0.6 is 0 Å². The van der Waals surface area contributed by atoms with E-state index in [0.29, 0.717) is 26.1 Å². The Morgan fingerprint density at radius 2 is 1.81 bits per heavy atom. The lowest BCUT2D eigenvalue weighted by molar-refractivity contribution is -0.0277. The second kappa shape index (κ2) is 7.32. The predicted molar refractivity (Wildman–Crippen MR) is 94.0 cm³/mol. The fourth-order valence-electron chi connectivity index (χ4n) is 3.52. The molecule has 1 fully saturated rings. The zero-order chi connectivity index (χ0) is 19.0. The molecule has 0 aromatic heterocycles. The summed E-state index contributed by atoms with van der Waals surface area (Å²) < 4.78 is 43.1. The SMILES string of the molecule is Cc1cc2c(cc1CN1CC[C@@H](Oc3cc(F)cc(F)c3)[C@H](O)C1)OCO2. The van der Waals surface area contributed by atoms with Crippen LogP contribution in [0, 0.1) is 18.6 Å². The largest absolute Gasteiger partial charge is 0.487 e. The van der Waals surface area contributed by atoms with Crippen LogP contribution in [0.1, 0.15) is 17.5 Å². The molecule has 0 unspecified atom stereocenters. The highest BCUT2D eigenvalue weighted by atomic mass is 19.1. The van der Waals surface area contributed by atoms with Gasteiger partial charge in [-0.15, -0.1) is 0 Å². The maximum atomic E-state index is 13.3. The van der Waals surface area contributed by atoms with Gasteiger partial charge in [0.15, 0.2) is 11.5 Å². The summed E-state index contributed by atoms with van der Waals surface area (Å²) in [6, 6.07) is 6.97. The van der Waals surface area contributed by atoms with Crippen LogP contribution in [0.3, 0.4) is 0 Å². The van der Waals surface area contributed by atoms with Gasteiger partial charge < -0.3 is 19.3 Å². The molecule has 7 heteroatoms. The van der Waals surface area contributed by atoms with E-state index in [4.69, 9.17) is 14.2 Å². The van der Waals surface area contributed by atoms with E-state index in [1.165, 1.54) is 0 Å². The van der Waals surface area contributed by atoms with Crippen molar-refractivity contribution >= 4 is 0 Å². The Labute approximate surface area is 156 Å². The van der Waals surface area contributed by atoms with Crippen molar-refractivity contribution in [1.29, 1.82) is 0 Å². The second-order valence-corrected chi connectivity index (χ2v) is 6.98. The van der Waals surface area contributed by atoms with E-state index in [0.717, 1.165) is 40.8 Å². The molecule has 2 atom stereocenters. The van der Waals surface area contributed by atoms with Crippen molar-refractivity contribution in [3.63, 3.8) is 0 Å². The van der Waals surface area contributed by atoms with E-state index < -0.39 is 23.8 Å². The average Bonchev–Trinajstić information content (AvgIpc) is 3.04. The van der Waals surface area contributed by atoms with Gasteiger partial charge in [-0.05, 0) is 36.6 Å². The summed E-state index contributed by atoms with van der Waals surface area (Å²) in [4.78, 5) is 2.13. The van der Waals surface area contributed by atoms with Crippen LogP contribution in [0.25, 0.3) is 0 Å². The molecule has 0 radical (unpaired) electrons. The average molecular weight is 377 g/mol. The Hall–Kier alpha value is -2.38. The first-order chi connectivity index (χ1) is 13.0. The number of ether oxygens (including phenoxy) is 3. The lowest BCUT2D eigenvalue weighted by atomic mass is 10.0. The van der Waals surface area contributed by atoms with Crippen LogP contribution in [0.2, 0.25) is 0 Å². The highest BCUT2D eigenvalue weighted by Crippen LogP contribution is 2.35. The summed E-state index contributed by atoms with van der Waals surface area (Å²) in [6.45, 7) is 4.03. The summed E-state index contributed by atoms with van der Waals surface area (Å²) in [6.07, 6.45) is -0.692. The number of β-amino-alcohol motifs (C(OH)–C–C–N with tert-alkyl or cyclic N) is 1. The minimum absolute atomic E-state index is 0.0941. The molecule has 2 aliphatic heterocycles. The van der Waals surface area contributed by atoms with Crippen molar-refractivity contribution < 1.29 is 28.1 Å². The Morgan fingerprint density at radius 1 is 1.11 bits per heavy atom. The number of benzene rings is 2. The number of halogens is 2. The molecular weight excluding hydrogens is 356 g/mol. The first-order valence-corrected chi connectivity index (χ1v) is 8.90. The first kappa shape index (κ1) is 18.0. The first-order valence-electron chi connectivity index (χ1n) is 8.90. The molecule has 4 rings (SSSR count). The Morgan fingerprint density at radius 3 is 2.52 bits per heavy atom. The maximum Gasteiger partial charge on any atom is 0.231 e. The molecule has 2 heterocycles. The summed E-state index contributed by atoms with van der Waals surface area (Å²) >= 11 is 0. The molecule has 0 saturated carbocycles. The summed E-state index contributed by atoms with van der Waals surface area (Å²) in [5, 5.41) is 10.4. The van der Waals surface area contributed by atoms with Gasteiger partial charge >= 0.3 is 0 Å². The minimum Gasteiger partial charge on any atom is -0.487 e. The van der Waals surface area contributed by atoms with Crippen molar-refractivity contribution in [2.24, 2.45) is 0 Å². The van der Waals surface area contributed by atoms with Gasteiger partial charge in [-0.25, -0.2) is 8.78 Å². The van der Waals surface area contributed by atoms with Crippen molar-refractivity contribution in [1.82, 2.24) is 4.90 Å². The zero-order valence-electron chi connectivity index (χ0n) is 15.0. The van der Waals surface area contributed by atoms with Gasteiger partial charge in [-0.1, -0.05) is 0 Å². The molecule has 1 N–H and O–H groups in total. The zero-order valence-corrected chi connectivity index (χ0v) is 15.0. The van der Waals surface area contributed by atoms with E-state index in [1.807, 2.05) is 19.1 Å². The van der Waals surface area contributed by atoms with Crippen molar-refractivity contribution in [3.05, 3.63) is 53.1 Å². The number of likely N-dealkylation sites (tertiary alicyclic amines) is 1.